The van der Waals surface area contributed by atoms with Crippen molar-refractivity contribution >= 4 is 0 Å². The van der Waals surface area contributed by atoms with Crippen LogP contribution in [0.25, 0.3) is 0 Å². The van der Waals surface area contributed by atoms with E-state index in [1.165, 1.54) is 25.7 Å². The molecule has 1 saturated carbocycles. The summed E-state index contributed by atoms with van der Waals surface area (Å²) in [5.74, 6) is 1.66. The van der Waals surface area contributed by atoms with Gasteiger partial charge in [0.15, 0.2) is 0 Å². The maximum absolute atomic E-state index is 3.84. The van der Waals surface area contributed by atoms with E-state index >= 15 is 0 Å². The second kappa shape index (κ2) is 4.38. The average Bonchev–Trinajstić information content (AvgIpc) is 2.07. The van der Waals surface area contributed by atoms with E-state index in [2.05, 4.69) is 31.7 Å². The molecule has 0 N–H and O–H groups in total. The second-order valence-electron chi connectivity index (χ2n) is 3.44. The van der Waals surface area contributed by atoms with Crippen LogP contribution in [0.1, 0.15) is 32.6 Å². The van der Waals surface area contributed by atoms with Crippen molar-refractivity contribution in [3.8, 4) is 0 Å². The summed E-state index contributed by atoms with van der Waals surface area (Å²) in [5, 5.41) is 0. The van der Waals surface area contributed by atoms with Gasteiger partial charge in [-0.25, -0.2) is 0 Å². The maximum atomic E-state index is 3.84. The first-order chi connectivity index (χ1) is 5.36. The lowest BCUT2D eigenvalue weighted by atomic mass is 9.82. The standard InChI is InChI=1S/C11H18/c1-3-5-11-8-6-10(4-2)7-9-11/h3-5,10-11H,2,6-9H2,1H3/b5-3+. The van der Waals surface area contributed by atoms with E-state index in [0.29, 0.717) is 0 Å². The molecule has 1 rings (SSSR count). The van der Waals surface area contributed by atoms with Gasteiger partial charge in [0, 0.05) is 0 Å². The summed E-state index contributed by atoms with van der Waals surface area (Å²) < 4.78 is 0. The maximum Gasteiger partial charge on any atom is -0.0233 e. The topological polar surface area (TPSA) is 0 Å². The highest BCUT2D eigenvalue weighted by atomic mass is 14.2. The van der Waals surface area contributed by atoms with E-state index in [0.717, 1.165) is 11.8 Å². The fourth-order valence-electron chi connectivity index (χ4n) is 1.85. The third-order valence-corrected chi connectivity index (χ3v) is 2.61. The molecule has 0 saturated heterocycles. The molecule has 62 valence electrons. The molecule has 0 bridgehead atoms. The van der Waals surface area contributed by atoms with Gasteiger partial charge >= 0.3 is 0 Å². The Labute approximate surface area is 70.0 Å². The van der Waals surface area contributed by atoms with Crippen molar-refractivity contribution in [3.63, 3.8) is 0 Å². The number of hydrogen-bond acceptors (Lipinski definition) is 0. The smallest absolute Gasteiger partial charge is 0.0233 e. The van der Waals surface area contributed by atoms with Crippen molar-refractivity contribution in [2.75, 3.05) is 0 Å². The van der Waals surface area contributed by atoms with Crippen molar-refractivity contribution in [1.29, 1.82) is 0 Å². The van der Waals surface area contributed by atoms with E-state index in [4.69, 9.17) is 0 Å². The Morgan fingerprint density at radius 2 is 1.64 bits per heavy atom. The Morgan fingerprint density at radius 3 is 2.09 bits per heavy atom. The van der Waals surface area contributed by atoms with Crippen LogP contribution in [-0.2, 0) is 0 Å². The van der Waals surface area contributed by atoms with Crippen molar-refractivity contribution in [3.05, 3.63) is 24.8 Å². The third-order valence-electron chi connectivity index (χ3n) is 2.61. The quantitative estimate of drug-likeness (QED) is 0.528. The summed E-state index contributed by atoms with van der Waals surface area (Å²) >= 11 is 0. The van der Waals surface area contributed by atoms with Gasteiger partial charge in [-0.1, -0.05) is 18.2 Å². The van der Waals surface area contributed by atoms with Crippen LogP contribution in [0.15, 0.2) is 24.8 Å². The van der Waals surface area contributed by atoms with Crippen LogP contribution < -0.4 is 0 Å². The molecule has 1 aliphatic rings. The number of rotatable bonds is 2. The van der Waals surface area contributed by atoms with Crippen molar-refractivity contribution in [2.24, 2.45) is 11.8 Å². The summed E-state index contributed by atoms with van der Waals surface area (Å²) in [5.41, 5.74) is 0. The van der Waals surface area contributed by atoms with Crippen LogP contribution in [0.2, 0.25) is 0 Å². The Kier molecular flexibility index (Phi) is 3.41. The molecule has 0 aromatic rings. The van der Waals surface area contributed by atoms with Crippen molar-refractivity contribution < 1.29 is 0 Å². The molecular formula is C11H18. The van der Waals surface area contributed by atoms with Gasteiger partial charge in [-0.05, 0) is 44.4 Å². The van der Waals surface area contributed by atoms with Gasteiger partial charge in [-0.15, -0.1) is 6.58 Å². The molecule has 0 spiro atoms. The Balaban J connectivity index is 2.29. The van der Waals surface area contributed by atoms with Crippen LogP contribution in [0.3, 0.4) is 0 Å². The molecule has 0 heteroatoms. The molecule has 0 nitrogen and oxygen atoms in total. The number of hydrogen-bond donors (Lipinski definition) is 0. The lowest BCUT2D eigenvalue weighted by Gasteiger charge is -2.23. The van der Waals surface area contributed by atoms with Crippen molar-refractivity contribution in [1.82, 2.24) is 0 Å². The highest BCUT2D eigenvalue weighted by Gasteiger charge is 2.16. The summed E-state index contributed by atoms with van der Waals surface area (Å²) in [6.07, 6.45) is 12.1. The summed E-state index contributed by atoms with van der Waals surface area (Å²) in [4.78, 5) is 0. The van der Waals surface area contributed by atoms with Gasteiger partial charge in [0.05, 0.1) is 0 Å². The minimum atomic E-state index is 0.802. The van der Waals surface area contributed by atoms with Gasteiger partial charge < -0.3 is 0 Å². The minimum Gasteiger partial charge on any atom is -0.103 e. The van der Waals surface area contributed by atoms with E-state index in [1.807, 2.05) is 0 Å². The molecule has 1 fully saturated rings. The zero-order valence-electron chi connectivity index (χ0n) is 7.42. The first-order valence-electron chi connectivity index (χ1n) is 4.62. The summed E-state index contributed by atoms with van der Waals surface area (Å²) in [7, 11) is 0. The zero-order chi connectivity index (χ0) is 8.10. The van der Waals surface area contributed by atoms with E-state index < -0.39 is 0 Å². The highest BCUT2D eigenvalue weighted by Crippen LogP contribution is 2.29. The zero-order valence-corrected chi connectivity index (χ0v) is 7.42. The first-order valence-corrected chi connectivity index (χ1v) is 4.62. The summed E-state index contributed by atoms with van der Waals surface area (Å²) in [6, 6.07) is 0. The molecule has 0 heterocycles. The molecule has 11 heavy (non-hydrogen) atoms. The molecule has 0 aliphatic heterocycles. The van der Waals surface area contributed by atoms with Gasteiger partial charge in [-0.3, -0.25) is 0 Å². The molecule has 0 unspecified atom stereocenters. The van der Waals surface area contributed by atoms with E-state index in [-0.39, 0.29) is 0 Å². The lowest BCUT2D eigenvalue weighted by Crippen LogP contribution is -2.10. The fourth-order valence-corrected chi connectivity index (χ4v) is 1.85. The largest absolute Gasteiger partial charge is 0.103 e. The Morgan fingerprint density at radius 1 is 1.09 bits per heavy atom. The SMILES string of the molecule is C=CC1CCC(/C=C/C)CC1. The highest BCUT2D eigenvalue weighted by molar-refractivity contribution is 4.92. The monoisotopic (exact) mass is 150 g/mol. The first kappa shape index (κ1) is 8.58. The Bertz CT molecular complexity index is 136. The predicted molar refractivity (Wildman–Crippen MR) is 50.5 cm³/mol. The van der Waals surface area contributed by atoms with Crippen LogP contribution in [-0.4, -0.2) is 0 Å². The molecule has 0 amide bonds. The lowest BCUT2D eigenvalue weighted by molar-refractivity contribution is 0.357. The average molecular weight is 150 g/mol. The number of allylic oxidation sites excluding steroid dienone is 3. The van der Waals surface area contributed by atoms with Crippen molar-refractivity contribution in [2.45, 2.75) is 32.6 Å². The van der Waals surface area contributed by atoms with Gasteiger partial charge in [0.25, 0.3) is 0 Å². The molecule has 0 atom stereocenters. The fraction of sp³-hybridized carbons (Fsp3) is 0.636. The van der Waals surface area contributed by atoms with Gasteiger partial charge in [0.1, 0.15) is 0 Å². The van der Waals surface area contributed by atoms with Crippen LogP contribution in [0, 0.1) is 11.8 Å². The molecule has 0 aromatic carbocycles. The second-order valence-corrected chi connectivity index (χ2v) is 3.44. The minimum absolute atomic E-state index is 0.802. The Hall–Kier alpha value is -0.520. The molecule has 0 radical (unpaired) electrons. The van der Waals surface area contributed by atoms with Crippen LogP contribution in [0.5, 0.6) is 0 Å². The van der Waals surface area contributed by atoms with Crippen LogP contribution in [0.4, 0.5) is 0 Å². The van der Waals surface area contributed by atoms with E-state index in [9.17, 15) is 0 Å². The summed E-state index contributed by atoms with van der Waals surface area (Å²) in [6.45, 7) is 5.95. The molecule has 1 aliphatic carbocycles. The van der Waals surface area contributed by atoms with Crippen LogP contribution >= 0.6 is 0 Å². The normalized spacial score (nSPS) is 32.5. The van der Waals surface area contributed by atoms with Gasteiger partial charge in [0.2, 0.25) is 0 Å². The van der Waals surface area contributed by atoms with E-state index in [1.54, 1.807) is 0 Å². The third kappa shape index (κ3) is 2.53. The molecular weight excluding hydrogens is 132 g/mol. The predicted octanol–water partition coefficient (Wildman–Crippen LogP) is 3.55. The van der Waals surface area contributed by atoms with Gasteiger partial charge in [-0.2, -0.15) is 0 Å². The molecule has 0 aromatic heterocycles.